The zero-order valence-corrected chi connectivity index (χ0v) is 13.7. The van der Waals surface area contributed by atoms with Crippen molar-refractivity contribution >= 4 is 34.3 Å². The molecule has 0 unspecified atom stereocenters. The summed E-state index contributed by atoms with van der Waals surface area (Å²) >= 11 is 5.14. The summed E-state index contributed by atoms with van der Waals surface area (Å²) < 4.78 is 5.23. The first kappa shape index (κ1) is 16.2. The molecule has 0 aliphatic heterocycles. The minimum atomic E-state index is 0.551. The Bertz CT molecular complexity index is 670. The normalized spacial score (nSPS) is 10.8. The molecule has 0 atom stereocenters. The van der Waals surface area contributed by atoms with Crippen molar-refractivity contribution in [2.75, 3.05) is 13.7 Å². The van der Waals surface area contributed by atoms with E-state index < -0.39 is 0 Å². The van der Waals surface area contributed by atoms with Crippen molar-refractivity contribution < 1.29 is 4.74 Å². The summed E-state index contributed by atoms with van der Waals surface area (Å²) in [6, 6.07) is 12.1. The molecule has 0 fully saturated rings. The van der Waals surface area contributed by atoms with E-state index in [-0.39, 0.29) is 0 Å². The van der Waals surface area contributed by atoms with Gasteiger partial charge in [-0.1, -0.05) is 31.5 Å². The van der Waals surface area contributed by atoms with Gasteiger partial charge in [-0.15, -0.1) is 0 Å². The largest absolute Gasteiger partial charge is 0.497 e. The van der Waals surface area contributed by atoms with Crippen LogP contribution in [0.3, 0.4) is 0 Å². The number of methoxy groups -OCH3 is 1. The number of thiocarbonyl (C=S) groups is 1. The van der Waals surface area contributed by atoms with Gasteiger partial charge in [-0.25, -0.2) is 0 Å². The molecule has 2 aromatic rings. The minimum Gasteiger partial charge on any atom is -0.497 e. The summed E-state index contributed by atoms with van der Waals surface area (Å²) in [5.74, 6) is 0.860. The van der Waals surface area contributed by atoms with Crippen LogP contribution < -0.4 is 15.5 Å². The van der Waals surface area contributed by atoms with Gasteiger partial charge < -0.3 is 10.1 Å². The van der Waals surface area contributed by atoms with E-state index in [1.807, 2.05) is 24.3 Å². The molecule has 0 aromatic heterocycles. The number of ether oxygens (including phenoxy) is 1. The molecule has 0 spiro atoms. The molecule has 2 N–H and O–H groups in total. The quantitative estimate of drug-likeness (QED) is 0.371. The molecular formula is C17H21N3OS. The molecule has 22 heavy (non-hydrogen) atoms. The topological polar surface area (TPSA) is 45.7 Å². The van der Waals surface area contributed by atoms with Crippen molar-refractivity contribution in [3.8, 4) is 5.75 Å². The van der Waals surface area contributed by atoms with Gasteiger partial charge in [0.05, 0.1) is 13.3 Å². The maximum absolute atomic E-state index is 5.23. The van der Waals surface area contributed by atoms with Gasteiger partial charge in [0.2, 0.25) is 0 Å². The average molecular weight is 315 g/mol. The summed E-state index contributed by atoms with van der Waals surface area (Å²) in [6.45, 7) is 3.02. The number of hydrogen-bond donors (Lipinski definition) is 2. The Kier molecular flexibility index (Phi) is 6.15. The van der Waals surface area contributed by atoms with Crippen LogP contribution in [0.25, 0.3) is 10.8 Å². The third-order valence-electron chi connectivity index (χ3n) is 3.27. The lowest BCUT2D eigenvalue weighted by Gasteiger charge is -2.05. The number of nitrogens with zero attached hydrogens (tertiary/aromatic N) is 1. The van der Waals surface area contributed by atoms with Crippen molar-refractivity contribution in [3.63, 3.8) is 0 Å². The van der Waals surface area contributed by atoms with E-state index in [0.29, 0.717) is 5.11 Å². The van der Waals surface area contributed by atoms with E-state index in [0.717, 1.165) is 41.5 Å². The molecular weight excluding hydrogens is 294 g/mol. The Morgan fingerprint density at radius 2 is 2.00 bits per heavy atom. The van der Waals surface area contributed by atoms with Crippen LogP contribution in [0, 0.1) is 0 Å². The smallest absolute Gasteiger partial charge is 0.186 e. The number of rotatable bonds is 6. The molecule has 0 aliphatic carbocycles. The third-order valence-corrected chi connectivity index (χ3v) is 3.50. The maximum atomic E-state index is 5.23. The monoisotopic (exact) mass is 315 g/mol. The molecule has 0 bridgehead atoms. The predicted octanol–water partition coefficient (Wildman–Crippen LogP) is 3.45. The fourth-order valence-corrected chi connectivity index (χ4v) is 2.19. The molecule has 0 radical (unpaired) electrons. The van der Waals surface area contributed by atoms with Crippen molar-refractivity contribution in [3.05, 3.63) is 42.0 Å². The van der Waals surface area contributed by atoms with E-state index in [4.69, 9.17) is 17.0 Å². The first-order valence-corrected chi connectivity index (χ1v) is 7.78. The highest BCUT2D eigenvalue weighted by molar-refractivity contribution is 7.80. The Balaban J connectivity index is 1.96. The van der Waals surface area contributed by atoms with Crippen LogP contribution in [0.1, 0.15) is 25.3 Å². The van der Waals surface area contributed by atoms with Crippen molar-refractivity contribution in [2.45, 2.75) is 19.8 Å². The number of unbranched alkanes of at least 4 members (excludes halogenated alkanes) is 1. The number of hydrogen-bond acceptors (Lipinski definition) is 3. The van der Waals surface area contributed by atoms with Gasteiger partial charge in [-0.3, -0.25) is 5.43 Å². The lowest BCUT2D eigenvalue weighted by molar-refractivity contribution is 0.415. The van der Waals surface area contributed by atoms with Crippen LogP contribution in [0.4, 0.5) is 0 Å². The van der Waals surface area contributed by atoms with Crippen molar-refractivity contribution in [1.82, 2.24) is 10.7 Å². The second-order valence-electron chi connectivity index (χ2n) is 4.95. The first-order valence-electron chi connectivity index (χ1n) is 7.37. The van der Waals surface area contributed by atoms with E-state index in [9.17, 15) is 0 Å². The molecule has 5 heteroatoms. The summed E-state index contributed by atoms with van der Waals surface area (Å²) in [7, 11) is 1.67. The zero-order chi connectivity index (χ0) is 15.8. The van der Waals surface area contributed by atoms with Gasteiger partial charge in [0, 0.05) is 6.54 Å². The lowest BCUT2D eigenvalue weighted by Crippen LogP contribution is -2.32. The number of nitrogens with one attached hydrogen (secondary N) is 2. The van der Waals surface area contributed by atoms with Crippen molar-refractivity contribution in [2.24, 2.45) is 5.10 Å². The van der Waals surface area contributed by atoms with E-state index in [1.165, 1.54) is 0 Å². The van der Waals surface area contributed by atoms with E-state index in [2.05, 4.69) is 34.9 Å². The summed E-state index contributed by atoms with van der Waals surface area (Å²) in [4.78, 5) is 0. The molecule has 0 aliphatic rings. The van der Waals surface area contributed by atoms with Gasteiger partial charge in [0.1, 0.15) is 5.75 Å². The standard InChI is InChI=1S/C17H21N3OS/c1-3-4-9-18-17(22)20-19-12-13-5-6-15-11-16(21-2)8-7-14(15)10-13/h5-8,10-12H,3-4,9H2,1-2H3,(H2,18,20,22)/b19-12-. The van der Waals surface area contributed by atoms with E-state index >= 15 is 0 Å². The Morgan fingerprint density at radius 1 is 1.23 bits per heavy atom. The highest BCUT2D eigenvalue weighted by atomic mass is 32.1. The van der Waals surface area contributed by atoms with Gasteiger partial charge in [-0.05, 0) is 53.2 Å². The predicted molar refractivity (Wildman–Crippen MR) is 96.7 cm³/mol. The zero-order valence-electron chi connectivity index (χ0n) is 12.9. The SMILES string of the molecule is CCCCNC(=S)N/N=C\c1ccc2cc(OC)ccc2c1. The highest BCUT2D eigenvalue weighted by Gasteiger charge is 1.98. The van der Waals surface area contributed by atoms with Crippen LogP contribution in [0.2, 0.25) is 0 Å². The third kappa shape index (κ3) is 4.70. The summed E-state index contributed by atoms with van der Waals surface area (Å²) in [5.41, 5.74) is 3.84. The van der Waals surface area contributed by atoms with Crippen LogP contribution in [-0.2, 0) is 0 Å². The maximum Gasteiger partial charge on any atom is 0.186 e. The van der Waals surface area contributed by atoms with Gasteiger partial charge in [0.25, 0.3) is 0 Å². The minimum absolute atomic E-state index is 0.551. The first-order chi connectivity index (χ1) is 10.7. The number of benzene rings is 2. The molecule has 0 saturated carbocycles. The van der Waals surface area contributed by atoms with Crippen LogP contribution in [-0.4, -0.2) is 25.0 Å². The Labute approximate surface area is 136 Å². The van der Waals surface area contributed by atoms with Gasteiger partial charge in [-0.2, -0.15) is 5.10 Å². The molecule has 0 saturated heterocycles. The molecule has 2 rings (SSSR count). The summed E-state index contributed by atoms with van der Waals surface area (Å²) in [5, 5.41) is 10.1. The fourth-order valence-electron chi connectivity index (χ4n) is 2.03. The van der Waals surface area contributed by atoms with Crippen LogP contribution >= 0.6 is 12.2 Å². The number of fused-ring (bicyclic) bond motifs is 1. The average Bonchev–Trinajstić information content (AvgIpc) is 2.54. The van der Waals surface area contributed by atoms with Crippen LogP contribution in [0.15, 0.2) is 41.5 Å². The molecule has 4 nitrogen and oxygen atoms in total. The fraction of sp³-hybridized carbons (Fsp3) is 0.294. The van der Waals surface area contributed by atoms with Crippen LogP contribution in [0.5, 0.6) is 5.75 Å². The van der Waals surface area contributed by atoms with Crippen molar-refractivity contribution in [1.29, 1.82) is 0 Å². The van der Waals surface area contributed by atoms with E-state index in [1.54, 1.807) is 13.3 Å². The second kappa shape index (κ2) is 8.34. The molecule has 0 amide bonds. The summed E-state index contributed by atoms with van der Waals surface area (Å²) in [6.07, 6.45) is 4.00. The Morgan fingerprint density at radius 3 is 2.77 bits per heavy atom. The van der Waals surface area contributed by atoms with Gasteiger partial charge >= 0.3 is 0 Å². The molecule has 0 heterocycles. The molecule has 2 aromatic carbocycles. The lowest BCUT2D eigenvalue weighted by atomic mass is 10.1. The highest BCUT2D eigenvalue weighted by Crippen LogP contribution is 2.21. The Hall–Kier alpha value is -2.14. The van der Waals surface area contributed by atoms with Gasteiger partial charge in [0.15, 0.2) is 5.11 Å². The molecule has 116 valence electrons. The second-order valence-corrected chi connectivity index (χ2v) is 5.36. The number of hydrazone groups is 1.